The molecule has 0 saturated heterocycles. The van der Waals surface area contributed by atoms with Crippen LogP contribution in [-0.2, 0) is 0 Å². The van der Waals surface area contributed by atoms with Gasteiger partial charge in [-0.3, -0.25) is 0 Å². The third-order valence-corrected chi connectivity index (χ3v) is 2.15. The predicted octanol–water partition coefficient (Wildman–Crippen LogP) is 2.17. The third kappa shape index (κ3) is 8.26. The average Bonchev–Trinajstić information content (AvgIpc) is 2.00. The molecule has 0 rings (SSSR count). The molecule has 0 fully saturated rings. The lowest BCUT2D eigenvalue weighted by Gasteiger charge is -2.18. The first-order chi connectivity index (χ1) is 6.06. The zero-order chi connectivity index (χ0) is 10.3. The Morgan fingerprint density at radius 1 is 1.23 bits per heavy atom. The molecule has 0 aliphatic rings. The van der Waals surface area contributed by atoms with Crippen molar-refractivity contribution in [2.45, 2.75) is 59.1 Å². The van der Waals surface area contributed by atoms with Crippen LogP contribution in [0.2, 0.25) is 0 Å². The standard InChI is InChI=1S/C11H25NO/c1-5-6-11(13)8-12-10(4)7-9(2)3/h9-13H,5-8H2,1-4H3. The summed E-state index contributed by atoms with van der Waals surface area (Å²) in [7, 11) is 0. The van der Waals surface area contributed by atoms with Gasteiger partial charge in [-0.2, -0.15) is 0 Å². The van der Waals surface area contributed by atoms with Crippen LogP contribution in [0.1, 0.15) is 47.0 Å². The Hall–Kier alpha value is -0.0800. The molecule has 0 aliphatic heterocycles. The highest BCUT2D eigenvalue weighted by Crippen LogP contribution is 2.04. The van der Waals surface area contributed by atoms with Gasteiger partial charge in [0.15, 0.2) is 0 Å². The van der Waals surface area contributed by atoms with E-state index < -0.39 is 0 Å². The van der Waals surface area contributed by atoms with E-state index in [1.54, 1.807) is 0 Å². The number of aliphatic hydroxyl groups excluding tert-OH is 1. The van der Waals surface area contributed by atoms with Crippen molar-refractivity contribution >= 4 is 0 Å². The molecule has 0 aliphatic carbocycles. The maximum atomic E-state index is 9.47. The van der Waals surface area contributed by atoms with Gasteiger partial charge in [-0.25, -0.2) is 0 Å². The molecule has 2 atom stereocenters. The highest BCUT2D eigenvalue weighted by Gasteiger charge is 2.07. The molecule has 13 heavy (non-hydrogen) atoms. The Morgan fingerprint density at radius 2 is 1.85 bits per heavy atom. The predicted molar refractivity (Wildman–Crippen MR) is 57.8 cm³/mol. The van der Waals surface area contributed by atoms with E-state index >= 15 is 0 Å². The van der Waals surface area contributed by atoms with Crippen LogP contribution in [0, 0.1) is 5.92 Å². The summed E-state index contributed by atoms with van der Waals surface area (Å²) >= 11 is 0. The zero-order valence-electron chi connectivity index (χ0n) is 9.51. The first-order valence-corrected chi connectivity index (χ1v) is 5.47. The van der Waals surface area contributed by atoms with E-state index in [0.29, 0.717) is 6.04 Å². The Balaban J connectivity index is 3.40. The number of rotatable bonds is 7. The quantitative estimate of drug-likeness (QED) is 0.640. The lowest BCUT2D eigenvalue weighted by molar-refractivity contribution is 0.155. The second-order valence-corrected chi connectivity index (χ2v) is 4.38. The van der Waals surface area contributed by atoms with Gasteiger partial charge in [0.25, 0.3) is 0 Å². The van der Waals surface area contributed by atoms with Crippen LogP contribution < -0.4 is 5.32 Å². The largest absolute Gasteiger partial charge is 0.392 e. The summed E-state index contributed by atoms with van der Waals surface area (Å²) in [5, 5.41) is 12.8. The maximum Gasteiger partial charge on any atom is 0.0664 e. The fourth-order valence-corrected chi connectivity index (χ4v) is 1.56. The normalized spacial score (nSPS) is 16.2. The molecule has 2 heteroatoms. The molecule has 0 amide bonds. The van der Waals surface area contributed by atoms with Crippen LogP contribution in [0.4, 0.5) is 0 Å². The van der Waals surface area contributed by atoms with Crippen molar-refractivity contribution in [1.82, 2.24) is 5.32 Å². The lowest BCUT2D eigenvalue weighted by Crippen LogP contribution is -2.34. The molecule has 0 saturated carbocycles. The number of hydrogen-bond donors (Lipinski definition) is 2. The Morgan fingerprint density at radius 3 is 2.31 bits per heavy atom. The second kappa shape index (κ2) is 7.34. The van der Waals surface area contributed by atoms with Crippen molar-refractivity contribution in [2.75, 3.05) is 6.54 Å². The first kappa shape index (κ1) is 12.9. The number of hydrogen-bond acceptors (Lipinski definition) is 2. The molecule has 2 N–H and O–H groups in total. The van der Waals surface area contributed by atoms with Gasteiger partial charge in [0.05, 0.1) is 6.10 Å². The average molecular weight is 187 g/mol. The molecule has 0 aromatic carbocycles. The Kier molecular flexibility index (Phi) is 7.29. The van der Waals surface area contributed by atoms with Crippen molar-refractivity contribution < 1.29 is 5.11 Å². The van der Waals surface area contributed by atoms with Gasteiger partial charge in [0.2, 0.25) is 0 Å². The number of nitrogens with one attached hydrogen (secondary N) is 1. The molecule has 0 aromatic heterocycles. The fourth-order valence-electron chi connectivity index (χ4n) is 1.56. The van der Waals surface area contributed by atoms with Crippen LogP contribution in [0.3, 0.4) is 0 Å². The van der Waals surface area contributed by atoms with E-state index in [1.165, 1.54) is 6.42 Å². The van der Waals surface area contributed by atoms with Crippen LogP contribution in [0.25, 0.3) is 0 Å². The molecule has 0 aromatic rings. The van der Waals surface area contributed by atoms with Gasteiger partial charge in [-0.1, -0.05) is 27.2 Å². The van der Waals surface area contributed by atoms with Crippen LogP contribution in [0.5, 0.6) is 0 Å². The summed E-state index contributed by atoms with van der Waals surface area (Å²) in [6.45, 7) is 9.46. The first-order valence-electron chi connectivity index (χ1n) is 5.47. The topological polar surface area (TPSA) is 32.3 Å². The summed E-state index contributed by atoms with van der Waals surface area (Å²) in [6.07, 6.45) is 2.97. The van der Waals surface area contributed by atoms with Crippen molar-refractivity contribution in [3.8, 4) is 0 Å². The minimum Gasteiger partial charge on any atom is -0.392 e. The van der Waals surface area contributed by atoms with E-state index in [1.807, 2.05) is 0 Å². The molecule has 2 nitrogen and oxygen atoms in total. The van der Waals surface area contributed by atoms with Crippen LogP contribution in [0.15, 0.2) is 0 Å². The Labute approximate surface area is 82.7 Å². The highest BCUT2D eigenvalue weighted by atomic mass is 16.3. The highest BCUT2D eigenvalue weighted by molar-refractivity contribution is 4.66. The van der Waals surface area contributed by atoms with E-state index in [4.69, 9.17) is 0 Å². The van der Waals surface area contributed by atoms with E-state index in [0.717, 1.165) is 25.3 Å². The summed E-state index contributed by atoms with van der Waals surface area (Å²) in [6, 6.07) is 0.520. The van der Waals surface area contributed by atoms with Crippen molar-refractivity contribution in [3.05, 3.63) is 0 Å². The molecule has 0 heterocycles. The third-order valence-electron chi connectivity index (χ3n) is 2.15. The van der Waals surface area contributed by atoms with E-state index in [2.05, 4.69) is 33.0 Å². The van der Waals surface area contributed by atoms with Gasteiger partial charge in [-0.05, 0) is 25.7 Å². The monoisotopic (exact) mass is 187 g/mol. The molecule has 0 radical (unpaired) electrons. The van der Waals surface area contributed by atoms with Gasteiger partial charge >= 0.3 is 0 Å². The van der Waals surface area contributed by atoms with Crippen molar-refractivity contribution in [2.24, 2.45) is 5.92 Å². The molecule has 0 spiro atoms. The van der Waals surface area contributed by atoms with Crippen LogP contribution >= 0.6 is 0 Å². The minimum atomic E-state index is -0.167. The SMILES string of the molecule is CCCC(O)CNC(C)CC(C)C. The molecular weight excluding hydrogens is 162 g/mol. The van der Waals surface area contributed by atoms with Gasteiger partial charge in [0, 0.05) is 12.6 Å². The van der Waals surface area contributed by atoms with Crippen LogP contribution in [-0.4, -0.2) is 23.8 Å². The van der Waals surface area contributed by atoms with Crippen molar-refractivity contribution in [1.29, 1.82) is 0 Å². The maximum absolute atomic E-state index is 9.47. The van der Waals surface area contributed by atoms with E-state index in [9.17, 15) is 5.11 Å². The molecule has 0 bridgehead atoms. The van der Waals surface area contributed by atoms with Gasteiger partial charge < -0.3 is 10.4 Å². The fraction of sp³-hybridized carbons (Fsp3) is 1.00. The Bertz CT molecular complexity index is 115. The summed E-state index contributed by atoms with van der Waals surface area (Å²) < 4.78 is 0. The smallest absolute Gasteiger partial charge is 0.0664 e. The minimum absolute atomic E-state index is 0.167. The van der Waals surface area contributed by atoms with Crippen molar-refractivity contribution in [3.63, 3.8) is 0 Å². The molecule has 2 unspecified atom stereocenters. The molecular formula is C11H25NO. The van der Waals surface area contributed by atoms with Gasteiger partial charge in [-0.15, -0.1) is 0 Å². The van der Waals surface area contributed by atoms with Gasteiger partial charge in [0.1, 0.15) is 0 Å². The molecule has 80 valence electrons. The summed E-state index contributed by atoms with van der Waals surface area (Å²) in [4.78, 5) is 0. The summed E-state index contributed by atoms with van der Waals surface area (Å²) in [5.74, 6) is 0.728. The lowest BCUT2D eigenvalue weighted by atomic mass is 10.1. The van der Waals surface area contributed by atoms with E-state index in [-0.39, 0.29) is 6.10 Å². The zero-order valence-corrected chi connectivity index (χ0v) is 9.51. The summed E-state index contributed by atoms with van der Waals surface area (Å²) in [5.41, 5.74) is 0. The second-order valence-electron chi connectivity index (χ2n) is 4.38. The number of aliphatic hydroxyl groups is 1.